The van der Waals surface area contributed by atoms with Gasteiger partial charge in [-0.25, -0.2) is 4.98 Å². The molecule has 1 amide bonds. The summed E-state index contributed by atoms with van der Waals surface area (Å²) in [7, 11) is 0. The summed E-state index contributed by atoms with van der Waals surface area (Å²) in [5.74, 6) is 0.320. The Balaban J connectivity index is 0. The van der Waals surface area contributed by atoms with Crippen molar-refractivity contribution in [1.82, 2.24) is 14.8 Å². The predicted molar refractivity (Wildman–Crippen MR) is 113 cm³/mol. The standard InChI is InChI=1S/C16H28N4OS.3ClH/c1-14-18-12-15(22-14)13-19-8-10-20(11-9-19)16(21)6-4-2-3-5-7-17;;;/h12H,2-11,13,17H2,1H3;3*1H. The summed E-state index contributed by atoms with van der Waals surface area (Å²) in [5.41, 5.74) is 5.47. The van der Waals surface area contributed by atoms with E-state index in [1.54, 1.807) is 11.3 Å². The van der Waals surface area contributed by atoms with Gasteiger partial charge in [0.05, 0.1) is 5.01 Å². The van der Waals surface area contributed by atoms with Gasteiger partial charge in [0.25, 0.3) is 0 Å². The number of nitrogens with two attached hydrogens (primary N) is 1. The van der Waals surface area contributed by atoms with Crippen molar-refractivity contribution in [3.63, 3.8) is 0 Å². The lowest BCUT2D eigenvalue weighted by Gasteiger charge is -2.34. The molecule has 0 spiro atoms. The molecule has 1 aromatic heterocycles. The summed E-state index contributed by atoms with van der Waals surface area (Å²) in [6.45, 7) is 7.42. The molecule has 25 heavy (non-hydrogen) atoms. The van der Waals surface area contributed by atoms with Crippen LogP contribution in [0.15, 0.2) is 6.20 Å². The van der Waals surface area contributed by atoms with Crippen LogP contribution in [0.1, 0.15) is 42.0 Å². The summed E-state index contributed by atoms with van der Waals surface area (Å²) in [4.78, 5) is 22.2. The molecule has 1 aliphatic heterocycles. The van der Waals surface area contributed by atoms with Crippen LogP contribution >= 0.6 is 48.6 Å². The fourth-order valence-corrected chi connectivity index (χ4v) is 3.62. The van der Waals surface area contributed by atoms with Gasteiger partial charge in [-0.3, -0.25) is 9.69 Å². The third kappa shape index (κ3) is 9.97. The van der Waals surface area contributed by atoms with Crippen LogP contribution in [0.25, 0.3) is 0 Å². The van der Waals surface area contributed by atoms with E-state index < -0.39 is 0 Å². The van der Waals surface area contributed by atoms with Crippen LogP contribution < -0.4 is 5.73 Å². The Kier molecular flexibility index (Phi) is 16.3. The number of thiazole rings is 1. The average Bonchev–Trinajstić information content (AvgIpc) is 2.93. The molecular formula is C16H31Cl3N4OS. The van der Waals surface area contributed by atoms with Gasteiger partial charge >= 0.3 is 0 Å². The smallest absolute Gasteiger partial charge is 0.222 e. The van der Waals surface area contributed by atoms with Gasteiger partial charge in [0.1, 0.15) is 0 Å². The molecule has 1 aromatic rings. The second-order valence-corrected chi connectivity index (χ2v) is 7.27. The van der Waals surface area contributed by atoms with Crippen LogP contribution in [0.4, 0.5) is 0 Å². The number of rotatable bonds is 8. The van der Waals surface area contributed by atoms with E-state index in [2.05, 4.69) is 9.88 Å². The monoisotopic (exact) mass is 432 g/mol. The zero-order valence-corrected chi connectivity index (χ0v) is 18.1. The Morgan fingerprint density at radius 1 is 1.12 bits per heavy atom. The Labute approximate surface area is 174 Å². The summed E-state index contributed by atoms with van der Waals surface area (Å²) >= 11 is 1.76. The summed E-state index contributed by atoms with van der Waals surface area (Å²) in [6, 6.07) is 0. The predicted octanol–water partition coefficient (Wildman–Crippen LogP) is 3.27. The number of halogens is 3. The molecule has 1 fully saturated rings. The lowest BCUT2D eigenvalue weighted by molar-refractivity contribution is -0.133. The first kappa shape index (κ1) is 27.1. The number of amides is 1. The maximum Gasteiger partial charge on any atom is 0.222 e. The average molecular weight is 434 g/mol. The molecule has 9 heteroatoms. The summed E-state index contributed by atoms with van der Waals surface area (Å²) < 4.78 is 0. The van der Waals surface area contributed by atoms with Gasteiger partial charge in [-0.05, 0) is 26.3 Å². The van der Waals surface area contributed by atoms with Crippen molar-refractivity contribution in [3.05, 3.63) is 16.1 Å². The number of piperazine rings is 1. The van der Waals surface area contributed by atoms with E-state index in [1.165, 1.54) is 4.88 Å². The van der Waals surface area contributed by atoms with Crippen LogP contribution in [0, 0.1) is 6.92 Å². The highest BCUT2D eigenvalue weighted by Crippen LogP contribution is 2.16. The number of unbranched alkanes of at least 4 members (excludes halogenated alkanes) is 3. The minimum Gasteiger partial charge on any atom is -0.340 e. The van der Waals surface area contributed by atoms with Crippen LogP contribution in [-0.4, -0.2) is 53.4 Å². The van der Waals surface area contributed by atoms with Crippen molar-refractivity contribution in [2.24, 2.45) is 5.73 Å². The molecule has 0 saturated carbocycles. The number of aryl methyl sites for hydroxylation is 1. The lowest BCUT2D eigenvalue weighted by atomic mass is 10.1. The van der Waals surface area contributed by atoms with Crippen LogP contribution in [-0.2, 0) is 11.3 Å². The minimum atomic E-state index is 0. The molecular weight excluding hydrogens is 403 g/mol. The number of nitrogens with zero attached hydrogens (tertiary/aromatic N) is 3. The van der Waals surface area contributed by atoms with Gasteiger partial charge < -0.3 is 10.6 Å². The van der Waals surface area contributed by atoms with E-state index in [1.807, 2.05) is 18.0 Å². The molecule has 1 aliphatic rings. The SMILES string of the molecule is Cc1ncc(CN2CCN(C(=O)CCCCCCN)CC2)s1.Cl.Cl.Cl. The Morgan fingerprint density at radius 2 is 1.76 bits per heavy atom. The van der Waals surface area contributed by atoms with Crippen molar-refractivity contribution in [3.8, 4) is 0 Å². The highest BCUT2D eigenvalue weighted by molar-refractivity contribution is 7.11. The summed E-state index contributed by atoms with van der Waals surface area (Å²) in [5, 5.41) is 1.12. The Hall–Kier alpha value is -0.110. The first-order valence-electron chi connectivity index (χ1n) is 8.30. The molecule has 0 aliphatic carbocycles. The normalized spacial score (nSPS) is 14.2. The van der Waals surface area contributed by atoms with E-state index in [-0.39, 0.29) is 37.2 Å². The van der Waals surface area contributed by atoms with Gasteiger partial charge in [0, 0.05) is 50.2 Å². The van der Waals surface area contributed by atoms with Crippen LogP contribution in [0.2, 0.25) is 0 Å². The molecule has 5 nitrogen and oxygen atoms in total. The van der Waals surface area contributed by atoms with Gasteiger partial charge in [0.15, 0.2) is 0 Å². The third-order valence-corrected chi connectivity index (χ3v) is 5.02. The van der Waals surface area contributed by atoms with Gasteiger partial charge in [-0.15, -0.1) is 48.6 Å². The Bertz CT molecular complexity index is 468. The molecule has 0 radical (unpaired) electrons. The maximum absolute atomic E-state index is 12.2. The maximum atomic E-state index is 12.2. The molecule has 2 heterocycles. The summed E-state index contributed by atoms with van der Waals surface area (Å²) in [6.07, 6.45) is 7.00. The highest BCUT2D eigenvalue weighted by atomic mass is 35.5. The van der Waals surface area contributed by atoms with Crippen LogP contribution in [0.3, 0.4) is 0 Å². The largest absolute Gasteiger partial charge is 0.340 e. The molecule has 148 valence electrons. The quantitative estimate of drug-likeness (QED) is 0.639. The van der Waals surface area contributed by atoms with Crippen molar-refractivity contribution in [2.75, 3.05) is 32.7 Å². The molecule has 0 unspecified atom stereocenters. The number of hydrogen-bond acceptors (Lipinski definition) is 5. The molecule has 0 aromatic carbocycles. The van der Waals surface area contributed by atoms with E-state index >= 15 is 0 Å². The Morgan fingerprint density at radius 3 is 2.32 bits per heavy atom. The topological polar surface area (TPSA) is 62.5 Å². The molecule has 0 bridgehead atoms. The molecule has 1 saturated heterocycles. The van der Waals surface area contributed by atoms with Crippen LogP contribution in [0.5, 0.6) is 0 Å². The molecule has 2 N–H and O–H groups in total. The van der Waals surface area contributed by atoms with Crippen molar-refractivity contribution >= 4 is 54.5 Å². The van der Waals surface area contributed by atoms with Gasteiger partial charge in [-0.2, -0.15) is 0 Å². The minimum absolute atomic E-state index is 0. The highest BCUT2D eigenvalue weighted by Gasteiger charge is 2.21. The lowest BCUT2D eigenvalue weighted by Crippen LogP contribution is -2.48. The number of aromatic nitrogens is 1. The molecule has 2 rings (SSSR count). The van der Waals surface area contributed by atoms with E-state index in [4.69, 9.17) is 5.73 Å². The van der Waals surface area contributed by atoms with Gasteiger partial charge in [-0.1, -0.05) is 12.8 Å². The molecule has 0 atom stereocenters. The fraction of sp³-hybridized carbons (Fsp3) is 0.750. The number of hydrogen-bond donors (Lipinski definition) is 1. The third-order valence-electron chi connectivity index (χ3n) is 4.12. The van der Waals surface area contributed by atoms with Crippen molar-refractivity contribution in [2.45, 2.75) is 45.6 Å². The van der Waals surface area contributed by atoms with Crippen molar-refractivity contribution < 1.29 is 4.79 Å². The van der Waals surface area contributed by atoms with E-state index in [9.17, 15) is 4.79 Å². The van der Waals surface area contributed by atoms with E-state index in [0.29, 0.717) is 12.3 Å². The fourth-order valence-electron chi connectivity index (χ4n) is 2.79. The van der Waals surface area contributed by atoms with Gasteiger partial charge in [0.2, 0.25) is 5.91 Å². The zero-order chi connectivity index (χ0) is 15.8. The first-order chi connectivity index (χ1) is 10.7. The zero-order valence-electron chi connectivity index (χ0n) is 14.8. The second-order valence-electron chi connectivity index (χ2n) is 5.96. The van der Waals surface area contributed by atoms with Crippen molar-refractivity contribution in [1.29, 1.82) is 0 Å². The first-order valence-corrected chi connectivity index (χ1v) is 9.12. The van der Waals surface area contributed by atoms with E-state index in [0.717, 1.165) is 70.0 Å². The number of carbonyl (C=O) groups is 1. The second kappa shape index (κ2) is 15.0. The number of carbonyl (C=O) groups excluding carboxylic acids is 1.